The maximum absolute atomic E-state index is 5.76. The molecule has 92 valence electrons. The zero-order chi connectivity index (χ0) is 12.3. The molecule has 0 N–H and O–H groups in total. The third kappa shape index (κ3) is 7.27. The van der Waals surface area contributed by atoms with Crippen LogP contribution in [0.5, 0.6) is 0 Å². The topological polar surface area (TPSA) is 9.23 Å². The van der Waals surface area contributed by atoms with E-state index in [0.29, 0.717) is 0 Å². The Kier molecular flexibility index (Phi) is 9.11. The van der Waals surface area contributed by atoms with Gasteiger partial charge in [0, 0.05) is 33.6 Å². The molecule has 1 aromatic carbocycles. The molecule has 17 heavy (non-hydrogen) atoms. The van der Waals surface area contributed by atoms with Gasteiger partial charge in [0.1, 0.15) is 6.10 Å². The molecule has 0 saturated carbocycles. The fourth-order valence-corrected chi connectivity index (χ4v) is 2.14. The number of rotatable bonds is 7. The molecular formula is C14H16I2O. The van der Waals surface area contributed by atoms with Crippen molar-refractivity contribution >= 4 is 45.2 Å². The first-order chi connectivity index (χ1) is 8.36. The Bertz CT molecular complexity index is 353. The molecule has 0 amide bonds. The van der Waals surface area contributed by atoms with Crippen LogP contribution in [0.15, 0.2) is 30.3 Å². The average molecular weight is 454 g/mol. The van der Waals surface area contributed by atoms with E-state index in [1.165, 1.54) is 5.56 Å². The Morgan fingerprint density at radius 2 is 2.00 bits per heavy atom. The summed E-state index contributed by atoms with van der Waals surface area (Å²) in [5.74, 6) is 3.12. The summed E-state index contributed by atoms with van der Waals surface area (Å²) >= 11 is 4.44. The molecule has 0 saturated heterocycles. The molecule has 0 spiro atoms. The molecule has 0 radical (unpaired) electrons. The number of aryl methyl sites for hydroxylation is 1. The van der Waals surface area contributed by atoms with Crippen molar-refractivity contribution in [2.24, 2.45) is 0 Å². The fourth-order valence-electron chi connectivity index (χ4n) is 1.48. The van der Waals surface area contributed by atoms with E-state index in [1.54, 1.807) is 0 Å². The van der Waals surface area contributed by atoms with Crippen LogP contribution in [0.1, 0.15) is 18.4 Å². The number of alkyl halides is 1. The van der Waals surface area contributed by atoms with Gasteiger partial charge in [0.15, 0.2) is 0 Å². The number of benzene rings is 1. The van der Waals surface area contributed by atoms with E-state index < -0.39 is 0 Å². The molecule has 0 heterocycles. The maximum atomic E-state index is 5.76. The minimum atomic E-state index is 0.0788. The highest BCUT2D eigenvalue weighted by Crippen LogP contribution is 2.08. The first-order valence-electron chi connectivity index (χ1n) is 5.69. The Labute approximate surface area is 131 Å². The second-order valence-corrected chi connectivity index (χ2v) is 5.28. The van der Waals surface area contributed by atoms with E-state index in [2.05, 4.69) is 79.3 Å². The summed E-state index contributed by atoms with van der Waals surface area (Å²) in [6.07, 6.45) is 3.18. The van der Waals surface area contributed by atoms with Crippen LogP contribution in [0, 0.1) is 9.85 Å². The SMILES string of the molecule is IC#CC(CCc1ccccc1)OCCCI. The van der Waals surface area contributed by atoms with Crippen LogP contribution < -0.4 is 0 Å². The summed E-state index contributed by atoms with van der Waals surface area (Å²) in [5.41, 5.74) is 1.35. The van der Waals surface area contributed by atoms with Crippen molar-refractivity contribution in [3.05, 3.63) is 35.9 Å². The maximum Gasteiger partial charge on any atom is 0.119 e. The highest BCUT2D eigenvalue weighted by Gasteiger charge is 2.05. The van der Waals surface area contributed by atoms with Crippen LogP contribution in [0.2, 0.25) is 0 Å². The van der Waals surface area contributed by atoms with Crippen LogP contribution in [-0.4, -0.2) is 17.1 Å². The smallest absolute Gasteiger partial charge is 0.119 e. The standard InChI is InChI=1S/C14H16I2O/c15-10-4-12-17-14(9-11-16)8-7-13-5-2-1-3-6-13/h1-3,5-6,14H,4,7-8,10,12H2. The molecule has 0 aliphatic rings. The molecule has 0 bridgehead atoms. The Morgan fingerprint density at radius 3 is 2.65 bits per heavy atom. The van der Waals surface area contributed by atoms with E-state index >= 15 is 0 Å². The Balaban J connectivity index is 2.35. The lowest BCUT2D eigenvalue weighted by Crippen LogP contribution is -2.13. The lowest BCUT2D eigenvalue weighted by molar-refractivity contribution is 0.0874. The van der Waals surface area contributed by atoms with Gasteiger partial charge < -0.3 is 4.74 Å². The molecule has 1 rings (SSSR count). The van der Waals surface area contributed by atoms with Crippen molar-refractivity contribution in [2.75, 3.05) is 11.0 Å². The predicted octanol–water partition coefficient (Wildman–Crippen LogP) is 4.23. The first kappa shape index (κ1) is 15.3. The van der Waals surface area contributed by atoms with Crippen molar-refractivity contribution < 1.29 is 4.74 Å². The van der Waals surface area contributed by atoms with Gasteiger partial charge in [-0.05, 0) is 28.8 Å². The molecule has 0 aliphatic carbocycles. The van der Waals surface area contributed by atoms with Crippen LogP contribution in [0.3, 0.4) is 0 Å². The molecule has 1 aromatic rings. The summed E-state index contributed by atoms with van der Waals surface area (Å²) < 4.78 is 9.83. The van der Waals surface area contributed by atoms with Crippen LogP contribution in [0.4, 0.5) is 0 Å². The van der Waals surface area contributed by atoms with Gasteiger partial charge >= 0.3 is 0 Å². The van der Waals surface area contributed by atoms with Crippen molar-refractivity contribution in [2.45, 2.75) is 25.4 Å². The van der Waals surface area contributed by atoms with Gasteiger partial charge in [0.25, 0.3) is 0 Å². The van der Waals surface area contributed by atoms with Gasteiger partial charge in [-0.15, -0.1) is 0 Å². The largest absolute Gasteiger partial charge is 0.365 e. The fraction of sp³-hybridized carbons (Fsp3) is 0.429. The minimum absolute atomic E-state index is 0.0788. The van der Waals surface area contributed by atoms with E-state index in [-0.39, 0.29) is 6.10 Å². The van der Waals surface area contributed by atoms with Gasteiger partial charge in [0.2, 0.25) is 0 Å². The quantitative estimate of drug-likeness (QED) is 0.260. The predicted molar refractivity (Wildman–Crippen MR) is 89.8 cm³/mol. The van der Waals surface area contributed by atoms with E-state index in [0.717, 1.165) is 30.3 Å². The summed E-state index contributed by atoms with van der Waals surface area (Å²) in [6, 6.07) is 10.5. The summed E-state index contributed by atoms with van der Waals surface area (Å²) in [5, 5.41) is 0. The van der Waals surface area contributed by atoms with Gasteiger partial charge in [-0.25, -0.2) is 0 Å². The molecular weight excluding hydrogens is 438 g/mol. The van der Waals surface area contributed by atoms with Gasteiger partial charge in [-0.2, -0.15) is 0 Å². The van der Waals surface area contributed by atoms with Crippen molar-refractivity contribution in [1.29, 1.82) is 0 Å². The molecule has 3 heteroatoms. The second-order valence-electron chi connectivity index (χ2n) is 3.67. The first-order valence-corrected chi connectivity index (χ1v) is 8.30. The zero-order valence-electron chi connectivity index (χ0n) is 9.66. The van der Waals surface area contributed by atoms with Crippen molar-refractivity contribution in [3.63, 3.8) is 0 Å². The number of halogens is 2. The second kappa shape index (κ2) is 10.2. The molecule has 1 atom stereocenters. The third-order valence-electron chi connectivity index (χ3n) is 2.35. The van der Waals surface area contributed by atoms with Crippen molar-refractivity contribution in [1.82, 2.24) is 0 Å². The zero-order valence-corrected chi connectivity index (χ0v) is 14.0. The van der Waals surface area contributed by atoms with Gasteiger partial charge in [0.05, 0.1) is 0 Å². The van der Waals surface area contributed by atoms with E-state index in [1.807, 2.05) is 6.07 Å². The van der Waals surface area contributed by atoms with Gasteiger partial charge in [-0.3, -0.25) is 0 Å². The lowest BCUT2D eigenvalue weighted by Gasteiger charge is -2.11. The lowest BCUT2D eigenvalue weighted by atomic mass is 10.1. The summed E-state index contributed by atoms with van der Waals surface area (Å²) in [7, 11) is 0. The van der Waals surface area contributed by atoms with Crippen LogP contribution >= 0.6 is 45.2 Å². The number of hydrogen-bond acceptors (Lipinski definition) is 1. The van der Waals surface area contributed by atoms with E-state index in [4.69, 9.17) is 4.74 Å². The van der Waals surface area contributed by atoms with Gasteiger partial charge in [-0.1, -0.05) is 58.8 Å². The van der Waals surface area contributed by atoms with Crippen LogP contribution in [-0.2, 0) is 11.2 Å². The minimum Gasteiger partial charge on any atom is -0.365 e. The molecule has 0 fully saturated rings. The van der Waals surface area contributed by atoms with Crippen LogP contribution in [0.25, 0.3) is 0 Å². The molecule has 0 aliphatic heterocycles. The number of hydrogen-bond donors (Lipinski definition) is 0. The summed E-state index contributed by atoms with van der Waals surface area (Å²) in [4.78, 5) is 0. The monoisotopic (exact) mass is 454 g/mol. The third-order valence-corrected chi connectivity index (χ3v) is 3.42. The molecule has 0 aromatic heterocycles. The highest BCUT2D eigenvalue weighted by atomic mass is 127. The molecule has 1 nitrogen and oxygen atoms in total. The average Bonchev–Trinajstić information content (AvgIpc) is 2.37. The summed E-state index contributed by atoms with van der Waals surface area (Å²) in [6.45, 7) is 0.813. The normalized spacial score (nSPS) is 11.6. The Morgan fingerprint density at radius 1 is 1.24 bits per heavy atom. The molecule has 1 unspecified atom stereocenters. The van der Waals surface area contributed by atoms with Crippen molar-refractivity contribution in [3.8, 4) is 9.85 Å². The highest BCUT2D eigenvalue weighted by molar-refractivity contribution is 14.1. The van der Waals surface area contributed by atoms with E-state index in [9.17, 15) is 0 Å². The Hall–Kier alpha value is 0.200. The number of ether oxygens (including phenoxy) is 1.